The van der Waals surface area contributed by atoms with E-state index in [0.29, 0.717) is 18.8 Å². The van der Waals surface area contributed by atoms with E-state index in [1.165, 1.54) is 0 Å². The molecule has 0 atom stereocenters. The molecule has 4 heteroatoms. The number of para-hydroxylation sites is 1. The van der Waals surface area contributed by atoms with Crippen molar-refractivity contribution in [1.29, 1.82) is 0 Å². The van der Waals surface area contributed by atoms with Crippen molar-refractivity contribution < 1.29 is 9.90 Å². The predicted octanol–water partition coefficient (Wildman–Crippen LogP) is 2.60. The number of allylic oxidation sites excluding steroid dienone is 3. The lowest BCUT2D eigenvalue weighted by Crippen LogP contribution is -2.32. The van der Waals surface area contributed by atoms with Crippen LogP contribution in [0.1, 0.15) is 18.4 Å². The lowest BCUT2D eigenvalue weighted by molar-refractivity contribution is -0.111. The third-order valence-corrected chi connectivity index (χ3v) is 4.05. The van der Waals surface area contributed by atoms with E-state index in [2.05, 4.69) is 15.9 Å². The Kier molecular flexibility index (Phi) is 6.56. The monoisotopic (exact) mass is 314 g/mol. The number of rotatable bonds is 7. The van der Waals surface area contributed by atoms with E-state index in [4.69, 9.17) is 0 Å². The van der Waals surface area contributed by atoms with Crippen LogP contribution in [0.25, 0.3) is 0 Å². The molecule has 0 unspecified atom stereocenters. The first-order valence-electron chi connectivity index (χ1n) is 8.10. The summed E-state index contributed by atoms with van der Waals surface area (Å²) in [6.07, 6.45) is 7.59. The summed E-state index contributed by atoms with van der Waals surface area (Å²) in [5, 5.41) is 9.82. The molecular weight excluding hydrogens is 288 g/mol. The molecule has 124 valence electrons. The molecule has 23 heavy (non-hydrogen) atoms. The van der Waals surface area contributed by atoms with Gasteiger partial charge in [0.15, 0.2) is 5.78 Å². The Labute approximate surface area is 138 Å². The molecule has 0 bridgehead atoms. The van der Waals surface area contributed by atoms with Crippen LogP contribution in [0, 0.1) is 0 Å². The molecule has 0 spiro atoms. The van der Waals surface area contributed by atoms with Gasteiger partial charge in [0, 0.05) is 37.3 Å². The van der Waals surface area contributed by atoms with Crippen LogP contribution >= 0.6 is 0 Å². The van der Waals surface area contributed by atoms with Crippen LogP contribution in [0.2, 0.25) is 0 Å². The number of carbonyl (C=O) groups excluding carboxylic acids is 1. The Morgan fingerprint density at radius 1 is 1.04 bits per heavy atom. The number of hydrogen-bond donors (Lipinski definition) is 1. The van der Waals surface area contributed by atoms with Gasteiger partial charge in [0.25, 0.3) is 0 Å². The molecule has 0 aliphatic heterocycles. The van der Waals surface area contributed by atoms with Crippen LogP contribution < -0.4 is 0 Å². The van der Waals surface area contributed by atoms with Crippen LogP contribution in [-0.2, 0) is 11.3 Å². The van der Waals surface area contributed by atoms with E-state index >= 15 is 0 Å². The summed E-state index contributed by atoms with van der Waals surface area (Å²) in [5.74, 6) is 0.477. The summed E-state index contributed by atoms with van der Waals surface area (Å²) in [6, 6.07) is 7.43. The van der Waals surface area contributed by atoms with Gasteiger partial charge in [0.1, 0.15) is 5.75 Å². The van der Waals surface area contributed by atoms with Crippen LogP contribution in [0.4, 0.5) is 0 Å². The molecule has 0 aromatic heterocycles. The van der Waals surface area contributed by atoms with Gasteiger partial charge in [-0.05, 0) is 39.1 Å². The predicted molar refractivity (Wildman–Crippen MR) is 93.4 cm³/mol. The van der Waals surface area contributed by atoms with E-state index in [9.17, 15) is 9.90 Å². The number of ketones is 1. The van der Waals surface area contributed by atoms with Crippen LogP contribution in [0.3, 0.4) is 0 Å². The molecule has 4 nitrogen and oxygen atoms in total. The normalized spacial score (nSPS) is 15.1. The quantitative estimate of drug-likeness (QED) is 0.840. The highest BCUT2D eigenvalue weighted by Gasteiger charge is 2.12. The van der Waals surface area contributed by atoms with Gasteiger partial charge >= 0.3 is 0 Å². The molecule has 0 fully saturated rings. The third kappa shape index (κ3) is 5.66. The molecule has 1 aliphatic rings. The Morgan fingerprint density at radius 3 is 2.48 bits per heavy atom. The first-order valence-corrected chi connectivity index (χ1v) is 8.10. The second kappa shape index (κ2) is 8.65. The molecule has 0 saturated heterocycles. The molecule has 0 saturated carbocycles. The minimum absolute atomic E-state index is 0.136. The molecule has 1 N–H and O–H groups in total. The molecule has 2 rings (SSSR count). The summed E-state index contributed by atoms with van der Waals surface area (Å²) >= 11 is 0. The fraction of sp³-hybridized carbons (Fsp3) is 0.421. The number of hydrogen-bond acceptors (Lipinski definition) is 4. The fourth-order valence-corrected chi connectivity index (χ4v) is 2.62. The maximum absolute atomic E-state index is 11.9. The number of phenols is 1. The van der Waals surface area contributed by atoms with Crippen molar-refractivity contribution in [2.24, 2.45) is 0 Å². The van der Waals surface area contributed by atoms with Gasteiger partial charge in [-0.3, -0.25) is 4.79 Å². The molecule has 1 aromatic rings. The van der Waals surface area contributed by atoms with Gasteiger partial charge in [-0.2, -0.15) is 0 Å². The standard InChI is InChI=1S/C19H26N2O2/c1-20(14-16-8-4-3-5-10-18(16)22)12-13-21(2)15-17-9-6-7-11-19(17)23/h5-11,23H,3-4,12-15H2,1-2H3. The van der Waals surface area contributed by atoms with Crippen molar-refractivity contribution in [3.8, 4) is 5.75 Å². The van der Waals surface area contributed by atoms with E-state index < -0.39 is 0 Å². The number of carbonyl (C=O) groups is 1. The van der Waals surface area contributed by atoms with Crippen molar-refractivity contribution in [3.63, 3.8) is 0 Å². The van der Waals surface area contributed by atoms with Gasteiger partial charge in [-0.25, -0.2) is 0 Å². The Balaban J connectivity index is 1.78. The summed E-state index contributed by atoms with van der Waals surface area (Å²) in [4.78, 5) is 16.3. The summed E-state index contributed by atoms with van der Waals surface area (Å²) in [6.45, 7) is 3.15. The second-order valence-corrected chi connectivity index (χ2v) is 6.18. The van der Waals surface area contributed by atoms with Crippen molar-refractivity contribution in [2.45, 2.75) is 19.4 Å². The first-order chi connectivity index (χ1) is 11.1. The first kappa shape index (κ1) is 17.4. The van der Waals surface area contributed by atoms with Crippen LogP contribution in [0.15, 0.2) is 48.1 Å². The van der Waals surface area contributed by atoms with Gasteiger partial charge in [0.05, 0.1) is 0 Å². The second-order valence-electron chi connectivity index (χ2n) is 6.18. The SMILES string of the molecule is CN(CCN(C)Cc1ccccc1O)CC1=CCCC=CC1=O. The lowest BCUT2D eigenvalue weighted by atomic mass is 10.1. The number of likely N-dealkylation sites (N-methyl/N-ethyl adjacent to an activating group) is 2. The zero-order chi connectivity index (χ0) is 16.7. The molecule has 0 amide bonds. The zero-order valence-corrected chi connectivity index (χ0v) is 14.0. The van der Waals surface area contributed by atoms with Crippen molar-refractivity contribution >= 4 is 5.78 Å². The highest BCUT2D eigenvalue weighted by Crippen LogP contribution is 2.17. The smallest absolute Gasteiger partial charge is 0.182 e. The number of nitrogens with zero attached hydrogens (tertiary/aromatic N) is 2. The number of benzene rings is 1. The maximum Gasteiger partial charge on any atom is 0.182 e. The van der Waals surface area contributed by atoms with Crippen LogP contribution in [0.5, 0.6) is 5.75 Å². The average molecular weight is 314 g/mol. The average Bonchev–Trinajstić information content (AvgIpc) is 2.73. The molecular formula is C19H26N2O2. The minimum atomic E-state index is 0.136. The summed E-state index contributed by atoms with van der Waals surface area (Å²) in [5.41, 5.74) is 1.83. The molecule has 0 heterocycles. The number of aromatic hydroxyl groups is 1. The Morgan fingerprint density at radius 2 is 1.74 bits per heavy atom. The third-order valence-electron chi connectivity index (χ3n) is 4.05. The van der Waals surface area contributed by atoms with Gasteiger partial charge in [-0.1, -0.05) is 30.4 Å². The molecule has 1 aromatic carbocycles. The number of phenolic OH excluding ortho intramolecular Hbond substituents is 1. The van der Waals surface area contributed by atoms with E-state index in [-0.39, 0.29) is 5.78 Å². The van der Waals surface area contributed by atoms with E-state index in [0.717, 1.165) is 37.1 Å². The lowest BCUT2D eigenvalue weighted by Gasteiger charge is -2.22. The minimum Gasteiger partial charge on any atom is -0.508 e. The zero-order valence-electron chi connectivity index (χ0n) is 14.0. The Hall–Kier alpha value is -1.91. The van der Waals surface area contributed by atoms with Crippen LogP contribution in [-0.4, -0.2) is 54.4 Å². The largest absolute Gasteiger partial charge is 0.508 e. The molecule has 0 radical (unpaired) electrons. The highest BCUT2D eigenvalue weighted by atomic mass is 16.3. The van der Waals surface area contributed by atoms with Crippen molar-refractivity contribution in [3.05, 3.63) is 53.6 Å². The summed E-state index contributed by atoms with van der Waals surface area (Å²) < 4.78 is 0. The van der Waals surface area contributed by atoms with Gasteiger partial charge < -0.3 is 14.9 Å². The van der Waals surface area contributed by atoms with Crippen molar-refractivity contribution in [2.75, 3.05) is 33.7 Å². The Bertz CT molecular complexity index is 593. The fourth-order valence-electron chi connectivity index (χ4n) is 2.62. The summed E-state index contributed by atoms with van der Waals surface area (Å²) in [7, 11) is 4.08. The maximum atomic E-state index is 11.9. The van der Waals surface area contributed by atoms with Gasteiger partial charge in [-0.15, -0.1) is 0 Å². The van der Waals surface area contributed by atoms with Gasteiger partial charge in [0.2, 0.25) is 0 Å². The highest BCUT2D eigenvalue weighted by molar-refractivity contribution is 6.04. The topological polar surface area (TPSA) is 43.8 Å². The van der Waals surface area contributed by atoms with E-state index in [1.54, 1.807) is 12.1 Å². The molecule has 1 aliphatic carbocycles. The van der Waals surface area contributed by atoms with E-state index in [1.807, 2.05) is 38.4 Å². The van der Waals surface area contributed by atoms with Crippen molar-refractivity contribution in [1.82, 2.24) is 9.80 Å².